The summed E-state index contributed by atoms with van der Waals surface area (Å²) in [5.41, 5.74) is 0.881. The zero-order chi connectivity index (χ0) is 21.2. The van der Waals surface area contributed by atoms with Crippen LogP contribution >= 0.6 is 23.4 Å². The van der Waals surface area contributed by atoms with Gasteiger partial charge in [-0.05, 0) is 26.3 Å². The lowest BCUT2D eigenvalue weighted by Crippen LogP contribution is -2.44. The maximum atomic E-state index is 13.1. The average molecular weight is 440 g/mol. The smallest absolute Gasteiger partial charge is 0.330 e. The Labute approximate surface area is 184 Å². The van der Waals surface area contributed by atoms with Gasteiger partial charge in [-0.2, -0.15) is 0 Å². The van der Waals surface area contributed by atoms with E-state index in [0.717, 1.165) is 24.8 Å². The van der Waals surface area contributed by atoms with Crippen LogP contribution in [0.1, 0.15) is 83.1 Å². The number of esters is 1. The summed E-state index contributed by atoms with van der Waals surface area (Å²) >= 11 is 7.99. The molecule has 0 aliphatic carbocycles. The summed E-state index contributed by atoms with van der Waals surface area (Å²) in [5.74, 6) is 0.221. The Morgan fingerprint density at radius 2 is 1.79 bits per heavy atom. The van der Waals surface area contributed by atoms with Crippen molar-refractivity contribution in [2.75, 3.05) is 5.75 Å². The van der Waals surface area contributed by atoms with Crippen molar-refractivity contribution in [1.82, 2.24) is 4.90 Å². The van der Waals surface area contributed by atoms with Crippen LogP contribution in [0, 0.1) is 0 Å². The molecule has 1 aliphatic heterocycles. The SMILES string of the molecule is CCCCCCCCCC(=O)N1C(C(=O)OC(C)C)CSC1c1ccccc1Cl. The van der Waals surface area contributed by atoms with E-state index in [2.05, 4.69) is 6.92 Å². The second-order valence-electron chi connectivity index (χ2n) is 7.88. The van der Waals surface area contributed by atoms with Crippen molar-refractivity contribution in [3.8, 4) is 0 Å². The molecule has 162 valence electrons. The van der Waals surface area contributed by atoms with Crippen LogP contribution in [-0.2, 0) is 14.3 Å². The number of amides is 1. The number of halogens is 1. The average Bonchev–Trinajstić information content (AvgIpc) is 3.12. The first-order valence-corrected chi connectivity index (χ1v) is 12.3. The number of nitrogens with zero attached hydrogens (tertiary/aromatic N) is 1. The number of unbranched alkanes of at least 4 members (excludes halogenated alkanes) is 6. The van der Waals surface area contributed by atoms with Gasteiger partial charge in [-0.15, -0.1) is 11.8 Å². The van der Waals surface area contributed by atoms with Gasteiger partial charge in [0.25, 0.3) is 0 Å². The van der Waals surface area contributed by atoms with Gasteiger partial charge in [0.2, 0.25) is 5.91 Å². The number of hydrogen-bond donors (Lipinski definition) is 0. The van der Waals surface area contributed by atoms with Crippen LogP contribution in [0.15, 0.2) is 24.3 Å². The molecular weight excluding hydrogens is 406 g/mol. The van der Waals surface area contributed by atoms with Gasteiger partial charge in [0.15, 0.2) is 0 Å². The second kappa shape index (κ2) is 12.5. The standard InChI is InChI=1S/C23H34ClNO3S/c1-4-5-6-7-8-9-10-15-21(26)25-20(23(27)28-17(2)3)16-29-22(25)18-13-11-12-14-19(18)24/h11-14,17,20,22H,4-10,15-16H2,1-3H3. The highest BCUT2D eigenvalue weighted by atomic mass is 35.5. The maximum Gasteiger partial charge on any atom is 0.330 e. The molecule has 1 fully saturated rings. The van der Waals surface area contributed by atoms with Crippen LogP contribution < -0.4 is 0 Å². The van der Waals surface area contributed by atoms with Crippen LogP contribution in [-0.4, -0.2) is 34.7 Å². The molecule has 0 bridgehead atoms. The first kappa shape index (κ1) is 24.1. The summed E-state index contributed by atoms with van der Waals surface area (Å²) in [5, 5.41) is 0.377. The van der Waals surface area contributed by atoms with Gasteiger partial charge in [-0.1, -0.05) is 75.2 Å². The molecule has 2 unspecified atom stereocenters. The number of ether oxygens (including phenoxy) is 1. The Kier molecular flexibility index (Phi) is 10.4. The largest absolute Gasteiger partial charge is 0.461 e. The summed E-state index contributed by atoms with van der Waals surface area (Å²) < 4.78 is 5.43. The summed E-state index contributed by atoms with van der Waals surface area (Å²) in [6.07, 6.45) is 8.34. The molecule has 0 aromatic heterocycles. The number of carbonyl (C=O) groups excluding carboxylic acids is 2. The number of benzene rings is 1. The fourth-order valence-corrected chi connectivity index (χ4v) is 5.36. The predicted molar refractivity (Wildman–Crippen MR) is 121 cm³/mol. The minimum Gasteiger partial charge on any atom is -0.461 e. The van der Waals surface area contributed by atoms with E-state index < -0.39 is 6.04 Å². The third-order valence-corrected chi connectivity index (χ3v) is 6.73. The molecule has 2 atom stereocenters. The number of thioether (sulfide) groups is 1. The van der Waals surface area contributed by atoms with Gasteiger partial charge < -0.3 is 9.64 Å². The number of rotatable bonds is 11. The number of hydrogen-bond acceptors (Lipinski definition) is 4. The summed E-state index contributed by atoms with van der Waals surface area (Å²) in [4.78, 5) is 27.5. The fourth-order valence-electron chi connectivity index (χ4n) is 3.58. The van der Waals surface area contributed by atoms with Crippen molar-refractivity contribution < 1.29 is 14.3 Å². The number of carbonyl (C=O) groups is 2. The molecule has 1 heterocycles. The Bertz CT molecular complexity index is 667. The minimum absolute atomic E-state index is 0.0131. The van der Waals surface area contributed by atoms with Crippen molar-refractivity contribution in [3.05, 3.63) is 34.9 Å². The fraction of sp³-hybridized carbons (Fsp3) is 0.652. The van der Waals surface area contributed by atoms with E-state index in [0.29, 0.717) is 17.2 Å². The van der Waals surface area contributed by atoms with E-state index >= 15 is 0 Å². The zero-order valence-corrected chi connectivity index (χ0v) is 19.4. The molecular formula is C23H34ClNO3S. The zero-order valence-electron chi connectivity index (χ0n) is 17.9. The Hall–Kier alpha value is -1.20. The van der Waals surface area contributed by atoms with Crippen molar-refractivity contribution in [1.29, 1.82) is 0 Å². The third kappa shape index (κ3) is 7.21. The molecule has 1 aromatic rings. The highest BCUT2D eigenvalue weighted by molar-refractivity contribution is 7.99. The van der Waals surface area contributed by atoms with Crippen molar-refractivity contribution in [2.45, 2.75) is 89.7 Å². The van der Waals surface area contributed by atoms with Gasteiger partial charge in [0.05, 0.1) is 6.10 Å². The third-order valence-electron chi connectivity index (χ3n) is 5.08. The Morgan fingerprint density at radius 1 is 1.14 bits per heavy atom. The normalized spacial score (nSPS) is 19.0. The summed E-state index contributed by atoms with van der Waals surface area (Å²) in [6.45, 7) is 5.87. The van der Waals surface area contributed by atoms with E-state index in [1.165, 1.54) is 25.7 Å². The lowest BCUT2D eigenvalue weighted by Gasteiger charge is -2.29. The van der Waals surface area contributed by atoms with E-state index in [1.54, 1.807) is 16.7 Å². The molecule has 2 rings (SSSR count). The first-order valence-electron chi connectivity index (χ1n) is 10.8. The molecule has 4 nitrogen and oxygen atoms in total. The Morgan fingerprint density at radius 3 is 2.45 bits per heavy atom. The quantitative estimate of drug-likeness (QED) is 0.296. The van der Waals surface area contributed by atoms with Crippen LogP contribution in [0.25, 0.3) is 0 Å². The van der Waals surface area contributed by atoms with Crippen LogP contribution in [0.2, 0.25) is 5.02 Å². The highest BCUT2D eigenvalue weighted by Gasteiger charge is 2.43. The van der Waals surface area contributed by atoms with Crippen LogP contribution in [0.5, 0.6) is 0 Å². The van der Waals surface area contributed by atoms with Gasteiger partial charge in [0.1, 0.15) is 11.4 Å². The molecule has 1 amide bonds. The maximum absolute atomic E-state index is 13.1. The van der Waals surface area contributed by atoms with Crippen molar-refractivity contribution >= 4 is 35.2 Å². The van der Waals surface area contributed by atoms with Gasteiger partial charge in [0, 0.05) is 22.8 Å². The highest BCUT2D eigenvalue weighted by Crippen LogP contribution is 2.44. The second-order valence-corrected chi connectivity index (χ2v) is 9.40. The first-order chi connectivity index (χ1) is 14.0. The van der Waals surface area contributed by atoms with Crippen molar-refractivity contribution in [3.63, 3.8) is 0 Å². The molecule has 6 heteroatoms. The van der Waals surface area contributed by atoms with E-state index in [1.807, 2.05) is 38.1 Å². The lowest BCUT2D eigenvalue weighted by molar-refractivity contribution is -0.157. The monoisotopic (exact) mass is 439 g/mol. The topological polar surface area (TPSA) is 46.6 Å². The van der Waals surface area contributed by atoms with Gasteiger partial charge in [-0.25, -0.2) is 4.79 Å². The van der Waals surface area contributed by atoms with Gasteiger partial charge >= 0.3 is 5.97 Å². The van der Waals surface area contributed by atoms with E-state index in [9.17, 15) is 9.59 Å². The Balaban J connectivity index is 2.04. The summed E-state index contributed by atoms with van der Waals surface area (Å²) in [6, 6.07) is 7.00. The molecule has 1 saturated heterocycles. The van der Waals surface area contributed by atoms with E-state index in [-0.39, 0.29) is 23.4 Å². The lowest BCUT2D eigenvalue weighted by atomic mass is 10.1. The molecule has 29 heavy (non-hydrogen) atoms. The van der Waals surface area contributed by atoms with Crippen LogP contribution in [0.3, 0.4) is 0 Å². The predicted octanol–water partition coefficient (Wildman–Crippen LogP) is 6.37. The minimum atomic E-state index is -0.555. The molecule has 0 saturated carbocycles. The summed E-state index contributed by atoms with van der Waals surface area (Å²) in [7, 11) is 0. The molecule has 1 aromatic carbocycles. The molecule has 0 spiro atoms. The van der Waals surface area contributed by atoms with Crippen LogP contribution in [0.4, 0.5) is 0 Å². The molecule has 1 aliphatic rings. The molecule has 0 radical (unpaired) electrons. The van der Waals surface area contributed by atoms with E-state index in [4.69, 9.17) is 16.3 Å². The molecule has 0 N–H and O–H groups in total. The van der Waals surface area contributed by atoms with Gasteiger partial charge in [-0.3, -0.25) is 4.79 Å². The van der Waals surface area contributed by atoms with Crippen molar-refractivity contribution in [2.24, 2.45) is 0 Å².